The highest BCUT2D eigenvalue weighted by Crippen LogP contribution is 2.34. The molecule has 0 aliphatic heterocycles. The third-order valence-corrected chi connectivity index (χ3v) is 4.07. The fourth-order valence-electron chi connectivity index (χ4n) is 2.83. The van der Waals surface area contributed by atoms with Gasteiger partial charge in [0, 0.05) is 18.3 Å². The molecule has 1 aromatic carbocycles. The number of nitrogens with zero attached hydrogens (tertiary/aromatic N) is 1. The molecule has 4 heteroatoms. The summed E-state index contributed by atoms with van der Waals surface area (Å²) in [5.74, 6) is -0.291. The Bertz CT molecular complexity index is 759. The van der Waals surface area contributed by atoms with Gasteiger partial charge in [-0.3, -0.25) is 9.59 Å². The molecule has 2 aromatic rings. The van der Waals surface area contributed by atoms with Crippen LogP contribution in [0.5, 0.6) is 0 Å². The second-order valence-electron chi connectivity index (χ2n) is 5.92. The highest BCUT2D eigenvalue weighted by Gasteiger charge is 2.28. The average Bonchev–Trinajstić information content (AvgIpc) is 3.30. The lowest BCUT2D eigenvalue weighted by Gasteiger charge is -2.14. The van der Waals surface area contributed by atoms with Gasteiger partial charge in [0.2, 0.25) is 0 Å². The molecule has 1 aromatic heterocycles. The Kier molecular flexibility index (Phi) is 3.84. The number of pyridine rings is 1. The Labute approximate surface area is 129 Å². The van der Waals surface area contributed by atoms with E-state index in [0.717, 1.165) is 29.7 Å². The van der Waals surface area contributed by atoms with Gasteiger partial charge in [0.15, 0.2) is 0 Å². The highest BCUT2D eigenvalue weighted by molar-refractivity contribution is 5.95. The molecule has 0 spiro atoms. The van der Waals surface area contributed by atoms with Gasteiger partial charge in [0.25, 0.3) is 11.5 Å². The van der Waals surface area contributed by atoms with Crippen LogP contribution in [0, 0.1) is 13.8 Å². The smallest absolute Gasteiger partial charge is 0.264 e. The maximum atomic E-state index is 12.6. The van der Waals surface area contributed by atoms with Crippen LogP contribution in [0.3, 0.4) is 0 Å². The number of hydrogen-bond donors (Lipinski definition) is 1. The number of aromatic nitrogens is 1. The van der Waals surface area contributed by atoms with Crippen LogP contribution in [-0.4, -0.2) is 10.5 Å². The number of nitrogens with one attached hydrogen (secondary N) is 1. The van der Waals surface area contributed by atoms with Crippen molar-refractivity contribution in [2.45, 2.75) is 39.3 Å². The summed E-state index contributed by atoms with van der Waals surface area (Å²) in [5.41, 5.74) is 2.80. The Morgan fingerprint density at radius 1 is 1.23 bits per heavy atom. The summed E-state index contributed by atoms with van der Waals surface area (Å²) >= 11 is 0. The van der Waals surface area contributed by atoms with Gasteiger partial charge in [-0.1, -0.05) is 30.3 Å². The third-order valence-electron chi connectivity index (χ3n) is 4.07. The van der Waals surface area contributed by atoms with E-state index in [1.165, 1.54) is 0 Å². The first-order valence-corrected chi connectivity index (χ1v) is 7.63. The second kappa shape index (κ2) is 5.79. The molecule has 1 saturated carbocycles. The summed E-state index contributed by atoms with van der Waals surface area (Å²) in [6.45, 7) is 4.18. The molecule has 4 nitrogen and oxygen atoms in total. The molecule has 1 fully saturated rings. The van der Waals surface area contributed by atoms with Crippen molar-refractivity contribution in [2.75, 3.05) is 0 Å². The van der Waals surface area contributed by atoms with Crippen LogP contribution < -0.4 is 10.9 Å². The first-order valence-electron chi connectivity index (χ1n) is 7.63. The lowest BCUT2D eigenvalue weighted by molar-refractivity contribution is 0.0948. The van der Waals surface area contributed by atoms with Crippen LogP contribution in [0.15, 0.2) is 41.2 Å². The van der Waals surface area contributed by atoms with Crippen molar-refractivity contribution in [1.29, 1.82) is 0 Å². The summed E-state index contributed by atoms with van der Waals surface area (Å²) in [6.07, 6.45) is 2.05. The molecule has 0 saturated heterocycles. The molecule has 1 amide bonds. The molecule has 1 N–H and O–H groups in total. The monoisotopic (exact) mass is 296 g/mol. The minimum absolute atomic E-state index is 0.162. The standard InChI is InChI=1S/C18H20N2O2/c1-12-10-13(2)20(15-8-9-15)18(22)16(12)17(21)19-11-14-6-4-3-5-7-14/h3-7,10,15H,8-9,11H2,1-2H3,(H,19,21). The van der Waals surface area contributed by atoms with Crippen molar-refractivity contribution >= 4 is 5.91 Å². The molecule has 0 radical (unpaired) electrons. The number of hydrogen-bond acceptors (Lipinski definition) is 2. The predicted molar refractivity (Wildman–Crippen MR) is 86.1 cm³/mol. The molecule has 1 heterocycles. The van der Waals surface area contributed by atoms with Gasteiger partial charge in [0.1, 0.15) is 5.56 Å². The van der Waals surface area contributed by atoms with Crippen LogP contribution in [0.4, 0.5) is 0 Å². The molecular weight excluding hydrogens is 276 g/mol. The van der Waals surface area contributed by atoms with E-state index in [-0.39, 0.29) is 23.1 Å². The van der Waals surface area contributed by atoms with E-state index in [2.05, 4.69) is 5.32 Å². The van der Waals surface area contributed by atoms with Gasteiger partial charge in [-0.2, -0.15) is 0 Å². The summed E-state index contributed by atoms with van der Waals surface area (Å²) in [5, 5.41) is 2.85. The van der Waals surface area contributed by atoms with Gasteiger partial charge in [0.05, 0.1) is 0 Å². The van der Waals surface area contributed by atoms with Gasteiger partial charge in [-0.05, 0) is 43.9 Å². The maximum absolute atomic E-state index is 12.6. The van der Waals surface area contributed by atoms with Crippen molar-refractivity contribution in [1.82, 2.24) is 9.88 Å². The number of carbonyl (C=O) groups is 1. The van der Waals surface area contributed by atoms with E-state index < -0.39 is 0 Å². The van der Waals surface area contributed by atoms with Crippen LogP contribution in [0.2, 0.25) is 0 Å². The van der Waals surface area contributed by atoms with Crippen molar-refractivity contribution < 1.29 is 4.79 Å². The average molecular weight is 296 g/mol. The summed E-state index contributed by atoms with van der Waals surface area (Å²) in [4.78, 5) is 25.1. The second-order valence-corrected chi connectivity index (χ2v) is 5.92. The zero-order chi connectivity index (χ0) is 15.7. The summed E-state index contributed by atoms with van der Waals surface area (Å²) in [6, 6.07) is 11.9. The third kappa shape index (κ3) is 2.82. The SMILES string of the molecule is Cc1cc(C)n(C2CC2)c(=O)c1C(=O)NCc1ccccc1. The van der Waals surface area contributed by atoms with E-state index in [1.807, 2.05) is 50.2 Å². The number of carbonyl (C=O) groups excluding carboxylic acids is 1. The van der Waals surface area contributed by atoms with Gasteiger partial charge in [-0.25, -0.2) is 0 Å². The maximum Gasteiger partial charge on any atom is 0.264 e. The molecule has 0 bridgehead atoms. The molecular formula is C18H20N2O2. The molecule has 114 valence electrons. The van der Waals surface area contributed by atoms with Crippen molar-refractivity contribution in [2.24, 2.45) is 0 Å². The quantitative estimate of drug-likeness (QED) is 0.943. The largest absolute Gasteiger partial charge is 0.348 e. The highest BCUT2D eigenvalue weighted by atomic mass is 16.2. The Hall–Kier alpha value is -2.36. The van der Waals surface area contributed by atoms with Crippen LogP contribution in [0.1, 0.15) is 46.1 Å². The number of amides is 1. The summed E-state index contributed by atoms with van der Waals surface area (Å²) in [7, 11) is 0. The first-order chi connectivity index (χ1) is 10.6. The molecule has 3 rings (SSSR count). The minimum atomic E-state index is -0.291. The molecule has 1 aliphatic carbocycles. The Morgan fingerprint density at radius 3 is 2.55 bits per heavy atom. The van der Waals surface area contributed by atoms with Crippen molar-refractivity contribution in [3.8, 4) is 0 Å². The first kappa shape index (κ1) is 14.6. The topological polar surface area (TPSA) is 51.1 Å². The van der Waals surface area contributed by atoms with Gasteiger partial charge >= 0.3 is 0 Å². The van der Waals surface area contributed by atoms with Crippen molar-refractivity contribution in [3.05, 3.63) is 69.1 Å². The number of benzene rings is 1. The van der Waals surface area contributed by atoms with Gasteiger partial charge < -0.3 is 9.88 Å². The van der Waals surface area contributed by atoms with E-state index >= 15 is 0 Å². The summed E-state index contributed by atoms with van der Waals surface area (Å²) < 4.78 is 1.77. The van der Waals surface area contributed by atoms with E-state index in [0.29, 0.717) is 6.54 Å². The Morgan fingerprint density at radius 2 is 1.91 bits per heavy atom. The lowest BCUT2D eigenvalue weighted by atomic mass is 10.1. The van der Waals surface area contributed by atoms with Crippen LogP contribution >= 0.6 is 0 Å². The van der Waals surface area contributed by atoms with E-state index in [4.69, 9.17) is 0 Å². The normalized spacial score (nSPS) is 13.9. The molecule has 1 aliphatic rings. The van der Waals surface area contributed by atoms with E-state index in [1.54, 1.807) is 4.57 Å². The lowest BCUT2D eigenvalue weighted by Crippen LogP contribution is -2.34. The zero-order valence-electron chi connectivity index (χ0n) is 12.9. The minimum Gasteiger partial charge on any atom is -0.348 e. The molecule has 0 unspecified atom stereocenters. The fourth-order valence-corrected chi connectivity index (χ4v) is 2.83. The molecule has 22 heavy (non-hydrogen) atoms. The van der Waals surface area contributed by atoms with Gasteiger partial charge in [-0.15, -0.1) is 0 Å². The Balaban J connectivity index is 1.86. The number of aryl methyl sites for hydroxylation is 2. The van der Waals surface area contributed by atoms with E-state index in [9.17, 15) is 9.59 Å². The van der Waals surface area contributed by atoms with Crippen molar-refractivity contribution in [3.63, 3.8) is 0 Å². The number of rotatable bonds is 4. The molecule has 0 atom stereocenters. The van der Waals surface area contributed by atoms with Crippen LogP contribution in [0.25, 0.3) is 0 Å². The van der Waals surface area contributed by atoms with Crippen LogP contribution in [-0.2, 0) is 6.54 Å². The predicted octanol–water partition coefficient (Wildman–Crippen LogP) is 2.73. The fraction of sp³-hybridized carbons (Fsp3) is 0.333. The zero-order valence-corrected chi connectivity index (χ0v) is 12.9.